The van der Waals surface area contributed by atoms with Gasteiger partial charge in [-0.05, 0) is 55.8 Å². The van der Waals surface area contributed by atoms with Crippen molar-refractivity contribution in [3.05, 3.63) is 46.1 Å². The highest BCUT2D eigenvalue weighted by Crippen LogP contribution is 2.27. The molecule has 0 amide bonds. The van der Waals surface area contributed by atoms with E-state index in [1.165, 1.54) is 31.2 Å². The van der Waals surface area contributed by atoms with Crippen LogP contribution in [0.1, 0.15) is 43.9 Å². The number of unbranched alkanes of at least 4 members (excludes halogenated alkanes) is 3. The number of hydrogen-bond donors (Lipinski definition) is 1. The Labute approximate surface area is 136 Å². The zero-order valence-corrected chi connectivity index (χ0v) is 14.5. The smallest absolute Gasteiger partial charge is 0.134 e. The van der Waals surface area contributed by atoms with Gasteiger partial charge in [0.1, 0.15) is 11.5 Å². The highest BCUT2D eigenvalue weighted by atomic mass is 79.9. The first-order valence-electron chi connectivity index (χ1n) is 7.76. The third-order valence-corrected chi connectivity index (χ3v) is 4.12. The quantitative estimate of drug-likeness (QED) is 0.619. The standard InChI is InChI=1S/C18H24BrNO/c1-3-4-5-6-11-20-13-16-8-10-18(21-16)17-9-7-15(19)12-14(17)2/h7-10,12,20H,3-6,11,13H2,1-2H3. The summed E-state index contributed by atoms with van der Waals surface area (Å²) in [4.78, 5) is 0. The van der Waals surface area contributed by atoms with Gasteiger partial charge in [-0.2, -0.15) is 0 Å². The van der Waals surface area contributed by atoms with Gasteiger partial charge in [0.15, 0.2) is 0 Å². The topological polar surface area (TPSA) is 25.2 Å². The van der Waals surface area contributed by atoms with E-state index in [4.69, 9.17) is 4.42 Å². The molecule has 1 heterocycles. The van der Waals surface area contributed by atoms with Crippen LogP contribution in [-0.2, 0) is 6.54 Å². The number of halogens is 1. The van der Waals surface area contributed by atoms with Crippen molar-refractivity contribution in [2.45, 2.75) is 46.1 Å². The van der Waals surface area contributed by atoms with Gasteiger partial charge in [-0.1, -0.05) is 42.1 Å². The molecule has 0 bridgehead atoms. The molecule has 114 valence electrons. The van der Waals surface area contributed by atoms with Crippen molar-refractivity contribution < 1.29 is 4.42 Å². The van der Waals surface area contributed by atoms with Gasteiger partial charge in [-0.25, -0.2) is 0 Å². The molecule has 0 aliphatic carbocycles. The number of furan rings is 1. The van der Waals surface area contributed by atoms with E-state index in [0.29, 0.717) is 0 Å². The Morgan fingerprint density at radius 2 is 1.95 bits per heavy atom. The van der Waals surface area contributed by atoms with Crippen LogP contribution in [0.15, 0.2) is 39.2 Å². The second kappa shape index (κ2) is 8.40. The maximum absolute atomic E-state index is 5.94. The Balaban J connectivity index is 1.86. The summed E-state index contributed by atoms with van der Waals surface area (Å²) in [5, 5.41) is 3.45. The molecule has 0 aliphatic rings. The van der Waals surface area contributed by atoms with Crippen molar-refractivity contribution in [1.29, 1.82) is 0 Å². The molecule has 1 aromatic heterocycles. The highest BCUT2D eigenvalue weighted by molar-refractivity contribution is 9.10. The SMILES string of the molecule is CCCCCCNCc1ccc(-c2ccc(Br)cc2C)o1. The van der Waals surface area contributed by atoms with E-state index in [9.17, 15) is 0 Å². The van der Waals surface area contributed by atoms with Gasteiger partial charge in [0.2, 0.25) is 0 Å². The Kier molecular flexibility index (Phi) is 6.52. The van der Waals surface area contributed by atoms with E-state index >= 15 is 0 Å². The number of nitrogens with one attached hydrogen (secondary N) is 1. The third kappa shape index (κ3) is 5.01. The van der Waals surface area contributed by atoms with Crippen LogP contribution in [0, 0.1) is 6.92 Å². The Morgan fingerprint density at radius 3 is 2.71 bits per heavy atom. The summed E-state index contributed by atoms with van der Waals surface area (Å²) in [7, 11) is 0. The van der Waals surface area contributed by atoms with Crippen molar-refractivity contribution in [3.8, 4) is 11.3 Å². The predicted molar refractivity (Wildman–Crippen MR) is 92.4 cm³/mol. The van der Waals surface area contributed by atoms with Gasteiger partial charge < -0.3 is 9.73 Å². The van der Waals surface area contributed by atoms with Crippen LogP contribution < -0.4 is 5.32 Å². The van der Waals surface area contributed by atoms with Crippen LogP contribution in [0.4, 0.5) is 0 Å². The van der Waals surface area contributed by atoms with E-state index in [-0.39, 0.29) is 0 Å². The predicted octanol–water partition coefficient (Wildman–Crippen LogP) is 5.69. The minimum Gasteiger partial charge on any atom is -0.460 e. The fourth-order valence-corrected chi connectivity index (χ4v) is 2.89. The third-order valence-electron chi connectivity index (χ3n) is 3.62. The van der Waals surface area contributed by atoms with E-state index in [2.05, 4.69) is 65.4 Å². The number of aryl methyl sites for hydroxylation is 1. The molecule has 2 nitrogen and oxygen atoms in total. The van der Waals surface area contributed by atoms with Crippen LogP contribution >= 0.6 is 15.9 Å². The summed E-state index contributed by atoms with van der Waals surface area (Å²) in [5.74, 6) is 1.95. The van der Waals surface area contributed by atoms with E-state index in [1.54, 1.807) is 0 Å². The molecule has 1 aromatic carbocycles. The van der Waals surface area contributed by atoms with Crippen molar-refractivity contribution in [1.82, 2.24) is 5.32 Å². The largest absolute Gasteiger partial charge is 0.460 e. The normalized spacial score (nSPS) is 11.0. The fraction of sp³-hybridized carbons (Fsp3) is 0.444. The monoisotopic (exact) mass is 349 g/mol. The van der Waals surface area contributed by atoms with Crippen LogP contribution in [0.5, 0.6) is 0 Å². The molecule has 0 saturated carbocycles. The Bertz CT molecular complexity index is 562. The summed E-state index contributed by atoms with van der Waals surface area (Å²) in [6.07, 6.45) is 5.17. The van der Waals surface area contributed by atoms with Gasteiger partial charge in [-0.3, -0.25) is 0 Å². The molecule has 0 atom stereocenters. The van der Waals surface area contributed by atoms with Gasteiger partial charge >= 0.3 is 0 Å². The average molecular weight is 350 g/mol. The van der Waals surface area contributed by atoms with Crippen molar-refractivity contribution >= 4 is 15.9 Å². The molecular formula is C18H24BrNO. The minimum absolute atomic E-state index is 0.807. The lowest BCUT2D eigenvalue weighted by atomic mass is 10.1. The van der Waals surface area contributed by atoms with Crippen molar-refractivity contribution in [2.24, 2.45) is 0 Å². The first kappa shape index (κ1) is 16.3. The molecule has 0 unspecified atom stereocenters. The van der Waals surface area contributed by atoms with E-state index in [1.807, 2.05) is 0 Å². The molecule has 2 rings (SSSR count). The summed E-state index contributed by atoms with van der Waals surface area (Å²) in [6, 6.07) is 10.4. The van der Waals surface area contributed by atoms with Crippen LogP contribution in [0.25, 0.3) is 11.3 Å². The lowest BCUT2D eigenvalue weighted by molar-refractivity contribution is 0.487. The molecule has 0 radical (unpaired) electrons. The molecule has 0 fully saturated rings. The maximum Gasteiger partial charge on any atom is 0.134 e. The minimum atomic E-state index is 0.807. The molecule has 2 aromatic rings. The summed E-state index contributed by atoms with van der Waals surface area (Å²) in [5.41, 5.74) is 2.38. The van der Waals surface area contributed by atoms with Crippen molar-refractivity contribution in [2.75, 3.05) is 6.54 Å². The van der Waals surface area contributed by atoms with Crippen LogP contribution in [0.2, 0.25) is 0 Å². The number of hydrogen-bond acceptors (Lipinski definition) is 2. The Morgan fingerprint density at radius 1 is 1.10 bits per heavy atom. The zero-order chi connectivity index (χ0) is 15.1. The molecule has 0 aliphatic heterocycles. The summed E-state index contributed by atoms with van der Waals surface area (Å²) < 4.78 is 7.04. The molecule has 0 saturated heterocycles. The van der Waals surface area contributed by atoms with Gasteiger partial charge in [0.05, 0.1) is 6.54 Å². The van der Waals surface area contributed by atoms with Crippen LogP contribution in [-0.4, -0.2) is 6.54 Å². The second-order valence-corrected chi connectivity index (χ2v) is 6.38. The van der Waals surface area contributed by atoms with Gasteiger partial charge in [0.25, 0.3) is 0 Å². The summed E-state index contributed by atoms with van der Waals surface area (Å²) >= 11 is 3.49. The maximum atomic E-state index is 5.94. The molecular weight excluding hydrogens is 326 g/mol. The first-order chi connectivity index (χ1) is 10.2. The molecule has 3 heteroatoms. The molecule has 21 heavy (non-hydrogen) atoms. The highest BCUT2D eigenvalue weighted by Gasteiger charge is 2.07. The molecule has 0 spiro atoms. The second-order valence-electron chi connectivity index (χ2n) is 5.46. The lowest BCUT2D eigenvalue weighted by Gasteiger charge is -2.04. The number of benzene rings is 1. The van der Waals surface area contributed by atoms with E-state index < -0.39 is 0 Å². The lowest BCUT2D eigenvalue weighted by Crippen LogP contribution is -2.14. The van der Waals surface area contributed by atoms with Crippen LogP contribution in [0.3, 0.4) is 0 Å². The Hall–Kier alpha value is -1.06. The van der Waals surface area contributed by atoms with Gasteiger partial charge in [0, 0.05) is 10.0 Å². The first-order valence-corrected chi connectivity index (χ1v) is 8.56. The van der Waals surface area contributed by atoms with Crippen molar-refractivity contribution in [3.63, 3.8) is 0 Å². The van der Waals surface area contributed by atoms with E-state index in [0.717, 1.165) is 34.6 Å². The number of rotatable bonds is 8. The fourth-order valence-electron chi connectivity index (χ4n) is 2.41. The summed E-state index contributed by atoms with van der Waals surface area (Å²) in [6.45, 7) is 6.21. The zero-order valence-electron chi connectivity index (χ0n) is 12.9. The average Bonchev–Trinajstić information content (AvgIpc) is 2.91. The van der Waals surface area contributed by atoms with Gasteiger partial charge in [-0.15, -0.1) is 0 Å². The molecule has 1 N–H and O–H groups in total.